The van der Waals surface area contributed by atoms with Gasteiger partial charge in [-0.05, 0) is 40.2 Å². The molecule has 0 saturated heterocycles. The molecule has 0 aliphatic rings. The Balaban J connectivity index is 2.00. The molecule has 1 aromatic heterocycles. The van der Waals surface area contributed by atoms with E-state index in [9.17, 15) is 0 Å². The van der Waals surface area contributed by atoms with Crippen molar-refractivity contribution in [1.29, 1.82) is 0 Å². The molecule has 0 bridgehead atoms. The molecule has 0 unspecified atom stereocenters. The van der Waals surface area contributed by atoms with Crippen LogP contribution in [0.15, 0.2) is 12.4 Å². The number of hydrogen-bond acceptors (Lipinski definition) is 2. The van der Waals surface area contributed by atoms with Gasteiger partial charge >= 0.3 is 0 Å². The maximum atomic E-state index is 5.78. The van der Waals surface area contributed by atoms with Gasteiger partial charge in [-0.2, -0.15) is 5.10 Å². The van der Waals surface area contributed by atoms with Gasteiger partial charge in [0, 0.05) is 18.3 Å². The first kappa shape index (κ1) is 13.5. The quantitative estimate of drug-likeness (QED) is 0.779. The van der Waals surface area contributed by atoms with E-state index in [2.05, 4.69) is 31.2 Å². The Morgan fingerprint density at radius 2 is 2.06 bits per heavy atom. The lowest BCUT2D eigenvalue weighted by atomic mass is 10.1. The van der Waals surface area contributed by atoms with E-state index in [-0.39, 0.29) is 5.54 Å². The molecule has 16 heavy (non-hydrogen) atoms. The topological polar surface area (TPSA) is 29.9 Å². The minimum Gasteiger partial charge on any atom is -0.312 e. The molecule has 0 aliphatic heterocycles. The Kier molecular flexibility index (Phi) is 5.29. The van der Waals surface area contributed by atoms with Crippen LogP contribution in [0.25, 0.3) is 0 Å². The molecular weight excluding hydrogens is 222 g/mol. The minimum absolute atomic E-state index is 0.232. The van der Waals surface area contributed by atoms with Crippen LogP contribution in [0, 0.1) is 0 Å². The number of aromatic nitrogens is 2. The third kappa shape index (κ3) is 6.13. The number of hydrogen-bond donors (Lipinski definition) is 1. The van der Waals surface area contributed by atoms with Gasteiger partial charge in [0.05, 0.1) is 11.2 Å². The molecule has 0 fully saturated rings. The average molecular weight is 244 g/mol. The molecule has 1 heterocycles. The summed E-state index contributed by atoms with van der Waals surface area (Å²) >= 11 is 5.78. The van der Waals surface area contributed by atoms with Crippen LogP contribution in [-0.2, 0) is 6.54 Å². The van der Waals surface area contributed by atoms with Crippen molar-refractivity contribution in [3.63, 3.8) is 0 Å². The van der Waals surface area contributed by atoms with E-state index in [4.69, 9.17) is 11.6 Å². The number of rotatable bonds is 6. The van der Waals surface area contributed by atoms with E-state index in [0.717, 1.165) is 24.5 Å². The molecule has 0 saturated carbocycles. The standard InChI is InChI=1S/C12H22ClN3/c1-12(2,3)14-7-5-4-6-8-16-10-11(13)9-15-16/h9-10,14H,4-8H2,1-3H3. The molecule has 0 radical (unpaired) electrons. The van der Waals surface area contributed by atoms with Crippen LogP contribution in [0.5, 0.6) is 0 Å². The zero-order valence-electron chi connectivity index (χ0n) is 10.5. The SMILES string of the molecule is CC(C)(C)NCCCCCn1cc(Cl)cn1. The van der Waals surface area contributed by atoms with E-state index in [1.165, 1.54) is 12.8 Å². The molecule has 1 N–H and O–H groups in total. The number of nitrogens with zero attached hydrogens (tertiary/aromatic N) is 2. The lowest BCUT2D eigenvalue weighted by Crippen LogP contribution is -2.36. The normalized spacial score (nSPS) is 12.0. The fourth-order valence-electron chi connectivity index (χ4n) is 1.50. The third-order valence-corrected chi connectivity index (χ3v) is 2.52. The highest BCUT2D eigenvalue weighted by Crippen LogP contribution is 2.06. The Labute approximate surface area is 103 Å². The summed E-state index contributed by atoms with van der Waals surface area (Å²) in [7, 11) is 0. The van der Waals surface area contributed by atoms with Crippen molar-refractivity contribution in [1.82, 2.24) is 15.1 Å². The van der Waals surface area contributed by atoms with Gasteiger partial charge in [-0.25, -0.2) is 0 Å². The summed E-state index contributed by atoms with van der Waals surface area (Å²) in [6, 6.07) is 0. The van der Waals surface area contributed by atoms with Crippen LogP contribution in [0.2, 0.25) is 5.02 Å². The lowest BCUT2D eigenvalue weighted by Gasteiger charge is -2.20. The molecule has 1 aromatic rings. The summed E-state index contributed by atoms with van der Waals surface area (Å²) in [6.45, 7) is 8.63. The van der Waals surface area contributed by atoms with Gasteiger partial charge in [0.25, 0.3) is 0 Å². The van der Waals surface area contributed by atoms with Crippen molar-refractivity contribution < 1.29 is 0 Å². The summed E-state index contributed by atoms with van der Waals surface area (Å²) in [5.41, 5.74) is 0.232. The van der Waals surface area contributed by atoms with Crippen LogP contribution in [0.4, 0.5) is 0 Å². The summed E-state index contributed by atoms with van der Waals surface area (Å²) < 4.78 is 1.90. The molecule has 92 valence electrons. The van der Waals surface area contributed by atoms with Crippen molar-refractivity contribution >= 4 is 11.6 Å². The summed E-state index contributed by atoms with van der Waals surface area (Å²) in [4.78, 5) is 0. The number of halogens is 1. The fraction of sp³-hybridized carbons (Fsp3) is 0.750. The van der Waals surface area contributed by atoms with Crippen LogP contribution in [-0.4, -0.2) is 21.9 Å². The van der Waals surface area contributed by atoms with Crippen molar-refractivity contribution in [2.24, 2.45) is 0 Å². The first-order valence-electron chi connectivity index (χ1n) is 5.90. The maximum absolute atomic E-state index is 5.78. The van der Waals surface area contributed by atoms with Crippen molar-refractivity contribution in [2.75, 3.05) is 6.54 Å². The second-order valence-electron chi connectivity index (χ2n) is 5.16. The Morgan fingerprint density at radius 3 is 2.62 bits per heavy atom. The Morgan fingerprint density at radius 1 is 1.31 bits per heavy atom. The second-order valence-corrected chi connectivity index (χ2v) is 5.60. The van der Waals surface area contributed by atoms with E-state index in [1.807, 2.05) is 10.9 Å². The molecule has 1 rings (SSSR count). The van der Waals surface area contributed by atoms with Gasteiger partial charge in [0.2, 0.25) is 0 Å². The maximum Gasteiger partial charge on any atom is 0.0785 e. The van der Waals surface area contributed by atoms with Gasteiger partial charge in [-0.3, -0.25) is 4.68 Å². The molecule has 0 aromatic carbocycles. The minimum atomic E-state index is 0.232. The largest absolute Gasteiger partial charge is 0.312 e. The van der Waals surface area contributed by atoms with Crippen molar-refractivity contribution in [3.8, 4) is 0 Å². The van der Waals surface area contributed by atoms with Gasteiger partial charge in [0.15, 0.2) is 0 Å². The Bertz CT molecular complexity index is 301. The highest BCUT2D eigenvalue weighted by atomic mass is 35.5. The van der Waals surface area contributed by atoms with Crippen molar-refractivity contribution in [3.05, 3.63) is 17.4 Å². The average Bonchev–Trinajstić information content (AvgIpc) is 2.56. The van der Waals surface area contributed by atoms with Crippen LogP contribution in [0.3, 0.4) is 0 Å². The summed E-state index contributed by atoms with van der Waals surface area (Å²) in [5.74, 6) is 0. The van der Waals surface area contributed by atoms with E-state index < -0.39 is 0 Å². The van der Waals surface area contributed by atoms with E-state index in [1.54, 1.807) is 6.20 Å². The summed E-state index contributed by atoms with van der Waals surface area (Å²) in [6.07, 6.45) is 7.15. The number of aryl methyl sites for hydroxylation is 1. The zero-order valence-corrected chi connectivity index (χ0v) is 11.2. The van der Waals surface area contributed by atoms with Crippen LogP contribution >= 0.6 is 11.6 Å². The highest BCUT2D eigenvalue weighted by Gasteiger charge is 2.06. The molecule has 0 atom stereocenters. The smallest absolute Gasteiger partial charge is 0.0785 e. The molecule has 0 amide bonds. The van der Waals surface area contributed by atoms with Crippen LogP contribution in [0.1, 0.15) is 40.0 Å². The Hall–Kier alpha value is -0.540. The first-order chi connectivity index (χ1) is 7.47. The first-order valence-corrected chi connectivity index (χ1v) is 6.28. The zero-order chi connectivity index (χ0) is 12.0. The fourth-order valence-corrected chi connectivity index (χ4v) is 1.66. The molecule has 3 nitrogen and oxygen atoms in total. The monoisotopic (exact) mass is 243 g/mol. The number of nitrogens with one attached hydrogen (secondary N) is 1. The van der Waals surface area contributed by atoms with Crippen molar-refractivity contribution in [2.45, 2.75) is 52.1 Å². The summed E-state index contributed by atoms with van der Waals surface area (Å²) in [5, 5.41) is 8.34. The number of unbranched alkanes of at least 4 members (excludes halogenated alkanes) is 2. The van der Waals surface area contributed by atoms with Gasteiger partial charge in [-0.15, -0.1) is 0 Å². The van der Waals surface area contributed by atoms with Gasteiger partial charge < -0.3 is 5.32 Å². The van der Waals surface area contributed by atoms with Gasteiger partial charge in [-0.1, -0.05) is 18.0 Å². The van der Waals surface area contributed by atoms with E-state index in [0.29, 0.717) is 0 Å². The predicted octanol–water partition coefficient (Wildman–Crippen LogP) is 3.09. The molecule has 0 spiro atoms. The molecular formula is C12H22ClN3. The predicted molar refractivity (Wildman–Crippen MR) is 68.8 cm³/mol. The third-order valence-electron chi connectivity index (χ3n) is 2.32. The lowest BCUT2D eigenvalue weighted by molar-refractivity contribution is 0.413. The highest BCUT2D eigenvalue weighted by molar-refractivity contribution is 6.30. The second kappa shape index (κ2) is 6.26. The molecule has 4 heteroatoms. The van der Waals surface area contributed by atoms with Gasteiger partial charge in [0.1, 0.15) is 0 Å². The molecule has 0 aliphatic carbocycles. The van der Waals surface area contributed by atoms with E-state index >= 15 is 0 Å². The van der Waals surface area contributed by atoms with Crippen LogP contribution < -0.4 is 5.32 Å².